The molecule has 0 radical (unpaired) electrons. The van der Waals surface area contributed by atoms with Crippen molar-refractivity contribution < 1.29 is 4.79 Å². The minimum Gasteiger partial charge on any atom is -0.355 e. The smallest absolute Gasteiger partial charge is 0.234 e. The van der Waals surface area contributed by atoms with E-state index in [0.29, 0.717) is 6.54 Å². The quantitative estimate of drug-likeness (QED) is 0.641. The Balaban J connectivity index is 1.58. The van der Waals surface area contributed by atoms with Gasteiger partial charge in [0.2, 0.25) is 5.91 Å². The average Bonchev–Trinajstić information content (AvgIpc) is 2.80. The molecular formula is C10H19N3O. The highest BCUT2D eigenvalue weighted by atomic mass is 16.2. The van der Waals surface area contributed by atoms with E-state index in [0.717, 1.165) is 25.6 Å². The number of carbonyl (C=O) groups is 1. The summed E-state index contributed by atoms with van der Waals surface area (Å²) in [6, 6.07) is 0. The maximum Gasteiger partial charge on any atom is 0.234 e. The highest BCUT2D eigenvalue weighted by Crippen LogP contribution is 2.27. The number of carbonyl (C=O) groups excluding carboxylic acids is 1. The van der Waals surface area contributed by atoms with Crippen LogP contribution in [0.5, 0.6) is 0 Å². The maximum atomic E-state index is 11.4. The van der Waals surface area contributed by atoms with E-state index in [9.17, 15) is 4.79 Å². The number of nitrogens with zero attached hydrogens (tertiary/aromatic N) is 1. The minimum atomic E-state index is -0.0726. The largest absolute Gasteiger partial charge is 0.355 e. The zero-order valence-electron chi connectivity index (χ0n) is 8.75. The van der Waals surface area contributed by atoms with Gasteiger partial charge in [-0.1, -0.05) is 0 Å². The first kappa shape index (κ1) is 9.93. The van der Waals surface area contributed by atoms with Crippen molar-refractivity contribution in [3.63, 3.8) is 0 Å². The third kappa shape index (κ3) is 2.69. The molecule has 1 heterocycles. The Labute approximate surface area is 84.8 Å². The lowest BCUT2D eigenvalue weighted by Crippen LogP contribution is -2.66. The molecule has 0 aromatic rings. The lowest BCUT2D eigenvalue weighted by molar-refractivity contribution is -0.124. The van der Waals surface area contributed by atoms with Gasteiger partial charge in [0.05, 0.1) is 6.54 Å². The molecule has 0 atom stereocenters. The fraction of sp³-hybridized carbons (Fsp3) is 0.900. The maximum absolute atomic E-state index is 11.4. The number of hydrogen-bond acceptors (Lipinski definition) is 3. The van der Waals surface area contributed by atoms with Gasteiger partial charge in [-0.05, 0) is 25.7 Å². The summed E-state index contributed by atoms with van der Waals surface area (Å²) >= 11 is 0. The summed E-state index contributed by atoms with van der Waals surface area (Å²) in [6.45, 7) is 5.07. The molecule has 0 unspecified atom stereocenters. The molecule has 1 aliphatic carbocycles. The van der Waals surface area contributed by atoms with Crippen LogP contribution in [0.2, 0.25) is 0 Å². The zero-order valence-corrected chi connectivity index (χ0v) is 8.75. The van der Waals surface area contributed by atoms with Crippen molar-refractivity contribution in [1.29, 1.82) is 0 Å². The third-order valence-corrected chi connectivity index (χ3v) is 2.82. The van der Waals surface area contributed by atoms with E-state index in [1.165, 1.54) is 12.8 Å². The first-order valence-electron chi connectivity index (χ1n) is 5.33. The standard InChI is InChI=1S/C10H19N3O/c1-10(11)6-13(7-10)5-9(14)12-4-8-2-3-8/h8H,2-7,11H2,1H3,(H,12,14). The predicted octanol–water partition coefficient (Wildman–Crippen LogP) is -0.454. The van der Waals surface area contributed by atoms with Gasteiger partial charge in [0.1, 0.15) is 0 Å². The van der Waals surface area contributed by atoms with Gasteiger partial charge >= 0.3 is 0 Å². The van der Waals surface area contributed by atoms with E-state index in [4.69, 9.17) is 5.73 Å². The first-order valence-corrected chi connectivity index (χ1v) is 5.33. The molecule has 0 spiro atoms. The summed E-state index contributed by atoms with van der Waals surface area (Å²) < 4.78 is 0. The van der Waals surface area contributed by atoms with Crippen LogP contribution >= 0.6 is 0 Å². The van der Waals surface area contributed by atoms with Gasteiger partial charge in [0.15, 0.2) is 0 Å². The van der Waals surface area contributed by atoms with Crippen LogP contribution in [0.15, 0.2) is 0 Å². The van der Waals surface area contributed by atoms with Gasteiger partial charge in [-0.2, -0.15) is 0 Å². The van der Waals surface area contributed by atoms with E-state index in [1.54, 1.807) is 0 Å². The molecule has 0 aromatic carbocycles. The van der Waals surface area contributed by atoms with E-state index in [2.05, 4.69) is 10.2 Å². The topological polar surface area (TPSA) is 58.4 Å². The van der Waals surface area contributed by atoms with Crippen LogP contribution < -0.4 is 11.1 Å². The molecule has 2 aliphatic rings. The second-order valence-corrected chi connectivity index (χ2v) is 5.05. The van der Waals surface area contributed by atoms with Crippen LogP contribution in [0.4, 0.5) is 0 Å². The normalized spacial score (nSPS) is 25.6. The van der Waals surface area contributed by atoms with Gasteiger partial charge in [0.25, 0.3) is 0 Å². The summed E-state index contributed by atoms with van der Waals surface area (Å²) in [5.41, 5.74) is 5.77. The van der Waals surface area contributed by atoms with Crippen molar-refractivity contribution in [3.05, 3.63) is 0 Å². The average molecular weight is 197 g/mol. The van der Waals surface area contributed by atoms with E-state index < -0.39 is 0 Å². The molecular weight excluding hydrogens is 178 g/mol. The molecule has 0 bridgehead atoms. The van der Waals surface area contributed by atoms with Crippen molar-refractivity contribution >= 4 is 5.91 Å². The Morgan fingerprint density at radius 1 is 1.57 bits per heavy atom. The van der Waals surface area contributed by atoms with Crippen LogP contribution in [0.1, 0.15) is 19.8 Å². The number of likely N-dealkylation sites (tertiary alicyclic amines) is 1. The van der Waals surface area contributed by atoms with E-state index >= 15 is 0 Å². The Morgan fingerprint density at radius 3 is 2.71 bits per heavy atom. The summed E-state index contributed by atoms with van der Waals surface area (Å²) in [5.74, 6) is 0.905. The summed E-state index contributed by atoms with van der Waals surface area (Å²) in [6.07, 6.45) is 2.57. The number of hydrogen-bond donors (Lipinski definition) is 2. The van der Waals surface area contributed by atoms with Crippen molar-refractivity contribution in [2.75, 3.05) is 26.2 Å². The van der Waals surface area contributed by atoms with Gasteiger partial charge in [-0.15, -0.1) is 0 Å². The van der Waals surface area contributed by atoms with Crippen molar-refractivity contribution in [1.82, 2.24) is 10.2 Å². The van der Waals surface area contributed by atoms with Gasteiger partial charge in [-0.3, -0.25) is 9.69 Å². The van der Waals surface area contributed by atoms with Crippen molar-refractivity contribution in [3.8, 4) is 0 Å². The molecule has 1 amide bonds. The second-order valence-electron chi connectivity index (χ2n) is 5.05. The monoisotopic (exact) mass is 197 g/mol. The SMILES string of the molecule is CC1(N)CN(CC(=O)NCC2CC2)C1. The van der Waals surface area contributed by atoms with Crippen LogP contribution in [0.3, 0.4) is 0 Å². The molecule has 4 nitrogen and oxygen atoms in total. The Morgan fingerprint density at radius 2 is 2.21 bits per heavy atom. The highest BCUT2D eigenvalue weighted by Gasteiger charge is 2.35. The lowest BCUT2D eigenvalue weighted by atomic mass is 9.94. The van der Waals surface area contributed by atoms with Crippen LogP contribution in [0.25, 0.3) is 0 Å². The number of amides is 1. The highest BCUT2D eigenvalue weighted by molar-refractivity contribution is 5.78. The molecule has 1 saturated heterocycles. The summed E-state index contributed by atoms with van der Waals surface area (Å²) in [5, 5.41) is 2.95. The van der Waals surface area contributed by atoms with Gasteiger partial charge in [-0.25, -0.2) is 0 Å². The van der Waals surface area contributed by atoms with Gasteiger partial charge in [0, 0.05) is 25.2 Å². The Hall–Kier alpha value is -0.610. The molecule has 3 N–H and O–H groups in total. The predicted molar refractivity (Wildman–Crippen MR) is 54.8 cm³/mol. The number of nitrogens with two attached hydrogens (primary N) is 1. The molecule has 2 fully saturated rings. The molecule has 2 rings (SSSR count). The molecule has 1 saturated carbocycles. The van der Waals surface area contributed by atoms with E-state index in [1.807, 2.05) is 6.92 Å². The lowest BCUT2D eigenvalue weighted by Gasteiger charge is -2.45. The first-order chi connectivity index (χ1) is 6.55. The summed E-state index contributed by atoms with van der Waals surface area (Å²) in [7, 11) is 0. The van der Waals surface area contributed by atoms with Crippen LogP contribution in [-0.4, -0.2) is 42.5 Å². The number of nitrogens with one attached hydrogen (secondary N) is 1. The number of rotatable bonds is 4. The molecule has 1 aliphatic heterocycles. The Kier molecular flexibility index (Phi) is 2.49. The molecule has 0 aromatic heterocycles. The Bertz CT molecular complexity index is 228. The molecule has 80 valence electrons. The minimum absolute atomic E-state index is 0.0726. The molecule has 14 heavy (non-hydrogen) atoms. The van der Waals surface area contributed by atoms with Crippen molar-refractivity contribution in [2.45, 2.75) is 25.3 Å². The van der Waals surface area contributed by atoms with Crippen LogP contribution in [0, 0.1) is 5.92 Å². The van der Waals surface area contributed by atoms with Crippen molar-refractivity contribution in [2.24, 2.45) is 11.7 Å². The van der Waals surface area contributed by atoms with Gasteiger partial charge < -0.3 is 11.1 Å². The van der Waals surface area contributed by atoms with E-state index in [-0.39, 0.29) is 11.4 Å². The molecule has 4 heteroatoms. The fourth-order valence-corrected chi connectivity index (χ4v) is 1.93. The van der Waals surface area contributed by atoms with Crippen LogP contribution in [-0.2, 0) is 4.79 Å². The fourth-order valence-electron chi connectivity index (χ4n) is 1.93. The third-order valence-electron chi connectivity index (χ3n) is 2.82. The zero-order chi connectivity index (χ0) is 10.2. The second kappa shape index (κ2) is 3.51. The summed E-state index contributed by atoms with van der Waals surface area (Å²) in [4.78, 5) is 13.5.